The predicted molar refractivity (Wildman–Crippen MR) is 68.4 cm³/mol. The Hall–Kier alpha value is -0.120. The van der Waals surface area contributed by atoms with Crippen LogP contribution in [0.5, 0.6) is 0 Å². The molecule has 4 atom stereocenters. The fourth-order valence-electron chi connectivity index (χ4n) is 3.08. The fraction of sp³-hybridized carbons (Fsp3) is 1.00. The largest absolute Gasteiger partial charge is 0.395 e. The van der Waals surface area contributed by atoms with E-state index in [0.29, 0.717) is 12.1 Å². The minimum absolute atomic E-state index is 0.115. The molecule has 1 heterocycles. The summed E-state index contributed by atoms with van der Waals surface area (Å²) >= 11 is 0. The second-order valence-electron chi connectivity index (χ2n) is 5.14. The van der Waals surface area contributed by atoms with Crippen LogP contribution in [-0.4, -0.2) is 40.8 Å². The van der Waals surface area contributed by atoms with Crippen LogP contribution in [0.4, 0.5) is 0 Å². The highest BCUT2D eigenvalue weighted by atomic mass is 16.3. The number of aliphatic hydroxyl groups excluding tert-OH is 1. The minimum atomic E-state index is 0.115. The number of hydrogen-bond donors (Lipinski definition) is 2. The zero-order chi connectivity index (χ0) is 12.1. The first-order chi connectivity index (χ1) is 7.65. The molecule has 1 rings (SSSR count). The molecule has 1 saturated heterocycles. The molecule has 0 aromatic heterocycles. The molecule has 0 amide bonds. The molecule has 16 heavy (non-hydrogen) atoms. The zero-order valence-electron chi connectivity index (χ0n) is 11.0. The molecule has 4 unspecified atom stereocenters. The van der Waals surface area contributed by atoms with Gasteiger partial charge in [-0.1, -0.05) is 20.3 Å². The summed E-state index contributed by atoms with van der Waals surface area (Å²) in [6.07, 6.45) is 5.77. The van der Waals surface area contributed by atoms with E-state index >= 15 is 0 Å². The van der Waals surface area contributed by atoms with Gasteiger partial charge in [0.1, 0.15) is 0 Å². The summed E-state index contributed by atoms with van der Waals surface area (Å²) in [7, 11) is 0. The van der Waals surface area contributed by atoms with Gasteiger partial charge in [0.25, 0.3) is 0 Å². The van der Waals surface area contributed by atoms with Gasteiger partial charge in [0.15, 0.2) is 0 Å². The second kappa shape index (κ2) is 6.58. The minimum Gasteiger partial charge on any atom is -0.395 e. The molecule has 0 aromatic rings. The molecular weight excluding hydrogens is 200 g/mol. The molecule has 3 N–H and O–H groups in total. The van der Waals surface area contributed by atoms with Gasteiger partial charge in [0, 0.05) is 24.2 Å². The van der Waals surface area contributed by atoms with Crippen molar-refractivity contribution in [3.8, 4) is 0 Å². The summed E-state index contributed by atoms with van der Waals surface area (Å²) in [6, 6.07) is 1.46. The SMILES string of the molecule is CCCC(N)C(CO)N1C(C)CCC1CC. The molecule has 0 radical (unpaired) electrons. The molecule has 3 heteroatoms. The van der Waals surface area contributed by atoms with Gasteiger partial charge in [0.2, 0.25) is 0 Å². The maximum atomic E-state index is 9.59. The monoisotopic (exact) mass is 228 g/mol. The van der Waals surface area contributed by atoms with Crippen LogP contribution >= 0.6 is 0 Å². The molecule has 3 nitrogen and oxygen atoms in total. The van der Waals surface area contributed by atoms with E-state index in [2.05, 4.69) is 25.7 Å². The van der Waals surface area contributed by atoms with Crippen molar-refractivity contribution >= 4 is 0 Å². The summed E-state index contributed by atoms with van der Waals surface area (Å²) in [5, 5.41) is 9.59. The van der Waals surface area contributed by atoms with Gasteiger partial charge in [-0.25, -0.2) is 0 Å². The fourth-order valence-corrected chi connectivity index (χ4v) is 3.08. The number of rotatable bonds is 6. The lowest BCUT2D eigenvalue weighted by molar-refractivity contribution is 0.0634. The molecule has 0 saturated carbocycles. The molecule has 1 aliphatic rings. The Kier molecular flexibility index (Phi) is 5.73. The highest BCUT2D eigenvalue weighted by molar-refractivity contribution is 4.93. The average Bonchev–Trinajstić information content (AvgIpc) is 2.62. The van der Waals surface area contributed by atoms with Gasteiger partial charge in [-0.2, -0.15) is 0 Å². The van der Waals surface area contributed by atoms with Gasteiger partial charge in [-0.15, -0.1) is 0 Å². The van der Waals surface area contributed by atoms with Crippen LogP contribution in [0.15, 0.2) is 0 Å². The van der Waals surface area contributed by atoms with E-state index in [-0.39, 0.29) is 18.7 Å². The molecule has 0 aliphatic carbocycles. The summed E-state index contributed by atoms with van der Waals surface area (Å²) in [4.78, 5) is 2.47. The Bertz CT molecular complexity index is 198. The van der Waals surface area contributed by atoms with Crippen LogP contribution < -0.4 is 5.73 Å². The number of nitrogens with zero attached hydrogens (tertiary/aromatic N) is 1. The molecule has 1 fully saturated rings. The second-order valence-corrected chi connectivity index (χ2v) is 5.14. The van der Waals surface area contributed by atoms with Gasteiger partial charge in [0.05, 0.1) is 6.61 Å². The Balaban J connectivity index is 2.69. The summed E-state index contributed by atoms with van der Waals surface area (Å²) in [5.41, 5.74) is 6.20. The Labute approximate surface area is 100 Å². The Morgan fingerprint density at radius 1 is 1.38 bits per heavy atom. The molecule has 0 aromatic carbocycles. The topological polar surface area (TPSA) is 49.5 Å². The number of aliphatic hydroxyl groups is 1. The smallest absolute Gasteiger partial charge is 0.0602 e. The van der Waals surface area contributed by atoms with Crippen molar-refractivity contribution < 1.29 is 5.11 Å². The molecular formula is C13H28N2O. The van der Waals surface area contributed by atoms with Gasteiger partial charge in [-0.3, -0.25) is 4.90 Å². The van der Waals surface area contributed by atoms with Crippen LogP contribution in [-0.2, 0) is 0 Å². The summed E-state index contributed by atoms with van der Waals surface area (Å²) in [6.45, 7) is 6.84. The lowest BCUT2D eigenvalue weighted by Crippen LogP contribution is -2.54. The van der Waals surface area contributed by atoms with Crippen molar-refractivity contribution in [3.05, 3.63) is 0 Å². The number of nitrogens with two attached hydrogens (primary N) is 1. The molecule has 1 aliphatic heterocycles. The molecule has 96 valence electrons. The Morgan fingerprint density at radius 2 is 2.06 bits per heavy atom. The zero-order valence-corrected chi connectivity index (χ0v) is 11.0. The van der Waals surface area contributed by atoms with Crippen LogP contribution in [0.25, 0.3) is 0 Å². The number of hydrogen-bond acceptors (Lipinski definition) is 3. The molecule has 0 bridgehead atoms. The van der Waals surface area contributed by atoms with E-state index in [9.17, 15) is 5.11 Å². The van der Waals surface area contributed by atoms with Crippen LogP contribution in [0.2, 0.25) is 0 Å². The maximum Gasteiger partial charge on any atom is 0.0602 e. The van der Waals surface area contributed by atoms with E-state index in [1.165, 1.54) is 19.3 Å². The van der Waals surface area contributed by atoms with Gasteiger partial charge in [-0.05, 0) is 32.6 Å². The van der Waals surface area contributed by atoms with Crippen molar-refractivity contribution in [2.75, 3.05) is 6.61 Å². The molecule has 0 spiro atoms. The van der Waals surface area contributed by atoms with Gasteiger partial charge < -0.3 is 10.8 Å². The Morgan fingerprint density at radius 3 is 2.56 bits per heavy atom. The van der Waals surface area contributed by atoms with Crippen molar-refractivity contribution in [2.24, 2.45) is 5.73 Å². The van der Waals surface area contributed by atoms with Crippen LogP contribution in [0, 0.1) is 0 Å². The first-order valence-corrected chi connectivity index (χ1v) is 6.79. The average molecular weight is 228 g/mol. The van der Waals surface area contributed by atoms with Crippen LogP contribution in [0.3, 0.4) is 0 Å². The van der Waals surface area contributed by atoms with Crippen molar-refractivity contribution in [2.45, 2.75) is 77.0 Å². The lowest BCUT2D eigenvalue weighted by Gasteiger charge is -2.38. The predicted octanol–water partition coefficient (Wildman–Crippen LogP) is 1.74. The van der Waals surface area contributed by atoms with E-state index in [4.69, 9.17) is 5.73 Å². The highest BCUT2D eigenvalue weighted by Gasteiger charge is 2.36. The number of likely N-dealkylation sites (tertiary alicyclic amines) is 1. The maximum absolute atomic E-state index is 9.59. The lowest BCUT2D eigenvalue weighted by atomic mass is 10.0. The first-order valence-electron chi connectivity index (χ1n) is 6.79. The summed E-state index contributed by atoms with van der Waals surface area (Å²) in [5.74, 6) is 0. The normalized spacial score (nSPS) is 30.6. The highest BCUT2D eigenvalue weighted by Crippen LogP contribution is 2.29. The quantitative estimate of drug-likeness (QED) is 0.728. The van der Waals surface area contributed by atoms with Crippen molar-refractivity contribution in [1.29, 1.82) is 0 Å². The van der Waals surface area contributed by atoms with E-state index in [1.54, 1.807) is 0 Å². The van der Waals surface area contributed by atoms with Crippen molar-refractivity contribution in [1.82, 2.24) is 4.90 Å². The van der Waals surface area contributed by atoms with E-state index < -0.39 is 0 Å². The first kappa shape index (κ1) is 13.9. The van der Waals surface area contributed by atoms with Gasteiger partial charge >= 0.3 is 0 Å². The van der Waals surface area contributed by atoms with E-state index in [1.807, 2.05) is 0 Å². The third-order valence-corrected chi connectivity index (χ3v) is 4.01. The summed E-state index contributed by atoms with van der Waals surface area (Å²) < 4.78 is 0. The third kappa shape index (κ3) is 2.96. The standard InChI is InChI=1S/C13H28N2O/c1-4-6-12(14)13(9-16)15-10(3)7-8-11(15)5-2/h10-13,16H,4-9,14H2,1-3H3. The third-order valence-electron chi connectivity index (χ3n) is 4.01. The van der Waals surface area contributed by atoms with E-state index in [0.717, 1.165) is 12.8 Å². The van der Waals surface area contributed by atoms with Crippen LogP contribution in [0.1, 0.15) is 52.9 Å². The van der Waals surface area contributed by atoms with Crippen molar-refractivity contribution in [3.63, 3.8) is 0 Å².